The van der Waals surface area contributed by atoms with Crippen molar-refractivity contribution < 1.29 is 17.9 Å². The summed E-state index contributed by atoms with van der Waals surface area (Å²) in [6.45, 7) is 0.459. The molecule has 2 aromatic carbocycles. The molecular formula is C19H18Cl2F3N3O. The molecule has 0 saturated heterocycles. The van der Waals surface area contributed by atoms with E-state index in [9.17, 15) is 13.2 Å². The number of nitrogens with zero attached hydrogens (tertiary/aromatic N) is 1. The highest BCUT2D eigenvalue weighted by atomic mass is 35.5. The van der Waals surface area contributed by atoms with Crippen molar-refractivity contribution in [1.29, 1.82) is 0 Å². The number of aryl methyl sites for hydroxylation is 1. The highest BCUT2D eigenvalue weighted by molar-refractivity contribution is 6.34. The van der Waals surface area contributed by atoms with Gasteiger partial charge in [0.15, 0.2) is 0 Å². The molecule has 28 heavy (non-hydrogen) atoms. The minimum atomic E-state index is -4.52. The molecule has 0 aromatic heterocycles. The second-order valence-electron chi connectivity index (χ2n) is 6.49. The standard InChI is InChI=1S/C19H18Cl2F3N3O/c20-13-7-12(8-14(21)9-13)17(19(22,23)24)26-15-4-1-11(2-5-15)3-6-16-10-28-18(25)27-16/h1-2,4-5,7-9,16-17,26H,3,6,10H2,(H2,25,27). The average Bonchev–Trinajstić information content (AvgIpc) is 3.02. The van der Waals surface area contributed by atoms with Crippen LogP contribution in [0, 0.1) is 0 Å². The first kappa shape index (κ1) is 20.6. The molecule has 2 aromatic rings. The number of nitrogens with one attached hydrogen (secondary N) is 1. The predicted octanol–water partition coefficient (Wildman–Crippen LogP) is 5.36. The summed E-state index contributed by atoms with van der Waals surface area (Å²) in [5, 5.41) is 2.81. The Balaban J connectivity index is 1.69. The first-order valence-corrected chi connectivity index (χ1v) is 9.30. The minimum Gasteiger partial charge on any atom is -0.463 e. The van der Waals surface area contributed by atoms with Crippen molar-refractivity contribution in [1.82, 2.24) is 0 Å². The van der Waals surface area contributed by atoms with Crippen LogP contribution < -0.4 is 11.1 Å². The lowest BCUT2D eigenvalue weighted by molar-refractivity contribution is -0.144. The molecule has 0 fully saturated rings. The number of halogens is 5. The number of nitrogens with two attached hydrogens (primary N) is 1. The number of amidine groups is 1. The highest BCUT2D eigenvalue weighted by Crippen LogP contribution is 2.37. The first-order valence-electron chi connectivity index (χ1n) is 8.55. The van der Waals surface area contributed by atoms with Crippen LogP contribution in [0.4, 0.5) is 18.9 Å². The van der Waals surface area contributed by atoms with Crippen LogP contribution in [0.2, 0.25) is 10.0 Å². The van der Waals surface area contributed by atoms with E-state index in [0.29, 0.717) is 12.3 Å². The second kappa shape index (κ2) is 8.49. The van der Waals surface area contributed by atoms with Crippen molar-refractivity contribution in [2.75, 3.05) is 11.9 Å². The van der Waals surface area contributed by atoms with E-state index >= 15 is 0 Å². The molecule has 150 valence electrons. The molecular weight excluding hydrogens is 414 g/mol. The molecule has 0 amide bonds. The summed E-state index contributed by atoms with van der Waals surface area (Å²) in [7, 11) is 0. The summed E-state index contributed by atoms with van der Waals surface area (Å²) in [4.78, 5) is 4.15. The molecule has 3 N–H and O–H groups in total. The third-order valence-corrected chi connectivity index (χ3v) is 4.75. The van der Waals surface area contributed by atoms with E-state index in [1.54, 1.807) is 24.3 Å². The topological polar surface area (TPSA) is 59.6 Å². The Hall–Kier alpha value is -2.12. The molecule has 1 aliphatic heterocycles. The number of rotatable bonds is 6. The van der Waals surface area contributed by atoms with Gasteiger partial charge in [0.2, 0.25) is 0 Å². The number of alkyl halides is 3. The van der Waals surface area contributed by atoms with E-state index in [4.69, 9.17) is 33.7 Å². The molecule has 0 spiro atoms. The summed E-state index contributed by atoms with van der Waals surface area (Å²) >= 11 is 11.7. The molecule has 2 unspecified atom stereocenters. The van der Waals surface area contributed by atoms with Gasteiger partial charge in [-0.05, 0) is 54.3 Å². The van der Waals surface area contributed by atoms with Gasteiger partial charge in [-0.1, -0.05) is 35.3 Å². The quantitative estimate of drug-likeness (QED) is 0.647. The summed E-state index contributed by atoms with van der Waals surface area (Å²) < 4.78 is 45.8. The van der Waals surface area contributed by atoms with Gasteiger partial charge in [0.05, 0.1) is 6.04 Å². The van der Waals surface area contributed by atoms with Crippen molar-refractivity contribution in [2.24, 2.45) is 10.7 Å². The molecule has 1 heterocycles. The molecule has 0 radical (unpaired) electrons. The fourth-order valence-electron chi connectivity index (χ4n) is 2.95. The Morgan fingerprint density at radius 3 is 2.32 bits per heavy atom. The Bertz CT molecular complexity index is 836. The summed E-state index contributed by atoms with van der Waals surface area (Å²) in [5.41, 5.74) is 6.75. The van der Waals surface area contributed by atoms with Crippen molar-refractivity contribution in [3.8, 4) is 0 Å². The third-order valence-electron chi connectivity index (χ3n) is 4.31. The Labute approximate surface area is 170 Å². The smallest absolute Gasteiger partial charge is 0.412 e. The number of ether oxygens (including phenoxy) is 1. The molecule has 0 aliphatic carbocycles. The second-order valence-corrected chi connectivity index (χ2v) is 7.36. The van der Waals surface area contributed by atoms with Crippen LogP contribution in [0.15, 0.2) is 47.5 Å². The third kappa shape index (κ3) is 5.45. The van der Waals surface area contributed by atoms with Gasteiger partial charge in [0.25, 0.3) is 6.02 Å². The highest BCUT2D eigenvalue weighted by Gasteiger charge is 2.41. The van der Waals surface area contributed by atoms with Gasteiger partial charge >= 0.3 is 6.18 Å². The van der Waals surface area contributed by atoms with Crippen molar-refractivity contribution >= 4 is 34.9 Å². The maximum absolute atomic E-state index is 13.6. The monoisotopic (exact) mass is 431 g/mol. The van der Waals surface area contributed by atoms with Crippen LogP contribution in [0.25, 0.3) is 0 Å². The Morgan fingerprint density at radius 1 is 1.14 bits per heavy atom. The van der Waals surface area contributed by atoms with Gasteiger partial charge in [0, 0.05) is 15.7 Å². The maximum Gasteiger partial charge on any atom is 0.412 e. The fraction of sp³-hybridized carbons (Fsp3) is 0.316. The van der Waals surface area contributed by atoms with Crippen molar-refractivity contribution in [3.63, 3.8) is 0 Å². The number of hydrogen-bond acceptors (Lipinski definition) is 4. The van der Waals surface area contributed by atoms with E-state index in [0.717, 1.165) is 18.4 Å². The van der Waals surface area contributed by atoms with Crippen LogP contribution in [0.1, 0.15) is 23.6 Å². The lowest BCUT2D eigenvalue weighted by Crippen LogP contribution is -2.28. The molecule has 4 nitrogen and oxygen atoms in total. The average molecular weight is 432 g/mol. The van der Waals surface area contributed by atoms with Gasteiger partial charge in [-0.2, -0.15) is 13.2 Å². The minimum absolute atomic E-state index is 0.0139. The fourth-order valence-corrected chi connectivity index (χ4v) is 3.49. The van der Waals surface area contributed by atoms with Gasteiger partial charge in [-0.3, -0.25) is 0 Å². The van der Waals surface area contributed by atoms with E-state index < -0.39 is 12.2 Å². The van der Waals surface area contributed by atoms with Gasteiger partial charge in [-0.25, -0.2) is 4.99 Å². The van der Waals surface area contributed by atoms with Crippen molar-refractivity contribution in [3.05, 3.63) is 63.6 Å². The van der Waals surface area contributed by atoms with Crippen LogP contribution in [0.5, 0.6) is 0 Å². The number of benzene rings is 2. The maximum atomic E-state index is 13.6. The lowest BCUT2D eigenvalue weighted by atomic mass is 10.0. The molecule has 0 saturated carbocycles. The molecule has 2 atom stereocenters. The lowest BCUT2D eigenvalue weighted by Gasteiger charge is -2.23. The normalized spacial score (nSPS) is 17.8. The summed E-state index contributed by atoms with van der Waals surface area (Å²) in [5.74, 6) is 0. The number of anilines is 1. The zero-order chi connectivity index (χ0) is 20.3. The van der Waals surface area contributed by atoms with Gasteiger partial charge in [0.1, 0.15) is 12.6 Å². The number of aliphatic imine (C=N–C) groups is 1. The summed E-state index contributed by atoms with van der Waals surface area (Å²) in [6.07, 6.45) is -3.05. The van der Waals surface area contributed by atoms with Gasteiger partial charge < -0.3 is 15.8 Å². The molecule has 0 bridgehead atoms. The van der Waals surface area contributed by atoms with Crippen LogP contribution in [-0.4, -0.2) is 24.8 Å². The van der Waals surface area contributed by atoms with Crippen LogP contribution in [-0.2, 0) is 11.2 Å². The molecule has 3 rings (SSSR count). The van der Waals surface area contributed by atoms with Gasteiger partial charge in [-0.15, -0.1) is 0 Å². The largest absolute Gasteiger partial charge is 0.463 e. The van der Waals surface area contributed by atoms with Crippen molar-refractivity contribution in [2.45, 2.75) is 31.1 Å². The zero-order valence-corrected chi connectivity index (χ0v) is 16.2. The van der Waals surface area contributed by atoms with Crippen LogP contribution >= 0.6 is 23.2 Å². The number of hydrogen-bond donors (Lipinski definition) is 2. The predicted molar refractivity (Wildman–Crippen MR) is 105 cm³/mol. The van der Waals surface area contributed by atoms with E-state index in [1.165, 1.54) is 18.2 Å². The van der Waals surface area contributed by atoms with Crippen LogP contribution in [0.3, 0.4) is 0 Å². The van der Waals surface area contributed by atoms with E-state index in [2.05, 4.69) is 10.3 Å². The Morgan fingerprint density at radius 2 is 1.79 bits per heavy atom. The Kier molecular flexibility index (Phi) is 6.25. The summed E-state index contributed by atoms with van der Waals surface area (Å²) in [6, 6.07) is 8.97. The molecule has 1 aliphatic rings. The zero-order valence-electron chi connectivity index (χ0n) is 14.6. The first-order chi connectivity index (χ1) is 13.2. The molecule has 9 heteroatoms. The van der Waals surface area contributed by atoms with E-state index in [-0.39, 0.29) is 27.7 Å². The van der Waals surface area contributed by atoms with E-state index in [1.807, 2.05) is 0 Å². The SMILES string of the molecule is NC1=NC(CCc2ccc(NC(c3cc(Cl)cc(Cl)c3)C(F)(F)F)cc2)CO1.